The van der Waals surface area contributed by atoms with E-state index in [4.69, 9.17) is 4.74 Å². The summed E-state index contributed by atoms with van der Waals surface area (Å²) >= 11 is 0. The first-order valence-corrected chi connectivity index (χ1v) is 9.03. The van der Waals surface area contributed by atoms with Crippen molar-refractivity contribution in [1.82, 2.24) is 0 Å². The maximum atomic E-state index is 12.6. The van der Waals surface area contributed by atoms with Crippen molar-refractivity contribution in [3.8, 4) is 5.75 Å². The van der Waals surface area contributed by atoms with Gasteiger partial charge in [-0.05, 0) is 32.0 Å². The topological polar surface area (TPSA) is 115 Å². The summed E-state index contributed by atoms with van der Waals surface area (Å²) < 4.78 is 5.15. The zero-order chi connectivity index (χ0) is 21.6. The fourth-order valence-corrected chi connectivity index (χ4v) is 2.62. The maximum Gasteiger partial charge on any atom is 0.282 e. The van der Waals surface area contributed by atoms with Crippen LogP contribution in [0.5, 0.6) is 5.75 Å². The van der Waals surface area contributed by atoms with E-state index >= 15 is 0 Å². The van der Waals surface area contributed by atoms with E-state index in [0.29, 0.717) is 16.3 Å². The lowest BCUT2D eigenvalue weighted by Crippen LogP contribution is -3.14. The minimum Gasteiger partial charge on any atom is -0.495 e. The monoisotopic (exact) mass is 401 g/mol. The molecule has 3 N–H and O–H groups in total. The zero-order valence-electron chi connectivity index (χ0n) is 16.8. The standard InChI is InChI=1S/C20H24N4O5/c1-13-5-7-15(8-6-13)21-19(25)12-23(3)14(2)20(26)22-17-11-16(24(27)28)9-10-18(17)29-4/h5-11,14H,12H2,1-4H3,(H,21,25)(H,22,26)/p+1/t14-/m1/s1. The van der Waals surface area contributed by atoms with Gasteiger partial charge in [-0.25, -0.2) is 0 Å². The minimum atomic E-state index is -0.581. The molecule has 9 nitrogen and oxygen atoms in total. The highest BCUT2D eigenvalue weighted by molar-refractivity contribution is 5.96. The minimum absolute atomic E-state index is 0.0779. The number of nitro benzene ring substituents is 1. The Morgan fingerprint density at radius 2 is 1.83 bits per heavy atom. The van der Waals surface area contributed by atoms with Gasteiger partial charge in [0.15, 0.2) is 12.6 Å². The number of anilines is 2. The molecule has 0 fully saturated rings. The molecule has 154 valence electrons. The van der Waals surface area contributed by atoms with Crippen LogP contribution in [0.15, 0.2) is 42.5 Å². The van der Waals surface area contributed by atoms with E-state index < -0.39 is 11.0 Å². The highest BCUT2D eigenvalue weighted by Crippen LogP contribution is 2.28. The summed E-state index contributed by atoms with van der Waals surface area (Å²) in [5.41, 5.74) is 1.82. The average Bonchev–Trinajstić information content (AvgIpc) is 2.68. The number of nitro groups is 1. The molecule has 0 saturated heterocycles. The molecule has 0 saturated carbocycles. The number of amides is 2. The van der Waals surface area contributed by atoms with Crippen LogP contribution in [0.2, 0.25) is 0 Å². The van der Waals surface area contributed by atoms with Gasteiger partial charge in [-0.2, -0.15) is 0 Å². The van der Waals surface area contributed by atoms with Crippen molar-refractivity contribution in [2.24, 2.45) is 0 Å². The van der Waals surface area contributed by atoms with E-state index in [2.05, 4.69) is 10.6 Å². The molecule has 9 heteroatoms. The first-order chi connectivity index (χ1) is 13.7. The fraction of sp³-hybridized carbons (Fsp3) is 0.300. The van der Waals surface area contributed by atoms with Gasteiger partial charge in [0, 0.05) is 17.8 Å². The van der Waals surface area contributed by atoms with Crippen molar-refractivity contribution in [2.75, 3.05) is 31.3 Å². The number of rotatable bonds is 8. The smallest absolute Gasteiger partial charge is 0.282 e. The highest BCUT2D eigenvalue weighted by Gasteiger charge is 2.25. The van der Waals surface area contributed by atoms with Crippen LogP contribution < -0.4 is 20.3 Å². The van der Waals surface area contributed by atoms with Gasteiger partial charge in [0.05, 0.1) is 24.8 Å². The molecule has 0 aliphatic rings. The number of quaternary nitrogens is 1. The summed E-state index contributed by atoms with van der Waals surface area (Å²) in [6.45, 7) is 3.71. The Bertz CT molecular complexity index is 898. The average molecular weight is 401 g/mol. The predicted molar refractivity (Wildman–Crippen MR) is 109 cm³/mol. The van der Waals surface area contributed by atoms with Crippen molar-refractivity contribution < 1.29 is 24.1 Å². The van der Waals surface area contributed by atoms with E-state index in [0.717, 1.165) is 5.56 Å². The molecule has 2 atom stereocenters. The summed E-state index contributed by atoms with van der Waals surface area (Å²) in [4.78, 5) is 35.9. The van der Waals surface area contributed by atoms with Gasteiger partial charge < -0.3 is 20.3 Å². The Kier molecular flexibility index (Phi) is 7.27. The number of benzene rings is 2. The summed E-state index contributed by atoms with van der Waals surface area (Å²) in [7, 11) is 3.14. The van der Waals surface area contributed by atoms with E-state index in [1.165, 1.54) is 25.3 Å². The van der Waals surface area contributed by atoms with E-state index in [9.17, 15) is 19.7 Å². The van der Waals surface area contributed by atoms with Gasteiger partial charge in [-0.15, -0.1) is 0 Å². The van der Waals surface area contributed by atoms with E-state index in [-0.39, 0.29) is 29.7 Å². The van der Waals surface area contributed by atoms with E-state index in [1.807, 2.05) is 31.2 Å². The molecule has 29 heavy (non-hydrogen) atoms. The van der Waals surface area contributed by atoms with Crippen molar-refractivity contribution in [3.63, 3.8) is 0 Å². The molecule has 0 aromatic heterocycles. The second-order valence-electron chi connectivity index (χ2n) is 6.79. The molecular formula is C20H25N4O5+. The number of carbonyl (C=O) groups is 2. The molecule has 0 bridgehead atoms. The maximum absolute atomic E-state index is 12.6. The molecule has 1 unspecified atom stereocenters. The van der Waals surface area contributed by atoms with Gasteiger partial charge >= 0.3 is 0 Å². The molecule has 0 aliphatic carbocycles. The lowest BCUT2D eigenvalue weighted by molar-refractivity contribution is -0.885. The summed E-state index contributed by atoms with van der Waals surface area (Å²) in [5.74, 6) is -0.297. The summed E-state index contributed by atoms with van der Waals surface area (Å²) in [5, 5.41) is 16.4. The second-order valence-corrected chi connectivity index (χ2v) is 6.79. The number of carbonyl (C=O) groups excluding carboxylic acids is 2. The molecule has 0 heterocycles. The number of likely N-dealkylation sites (N-methyl/N-ethyl adjacent to an activating group) is 1. The number of methoxy groups -OCH3 is 1. The third-order valence-electron chi connectivity index (χ3n) is 4.56. The summed E-state index contributed by atoms with van der Waals surface area (Å²) in [6.07, 6.45) is 0. The summed E-state index contributed by atoms with van der Waals surface area (Å²) in [6, 6.07) is 10.8. The molecular weight excluding hydrogens is 376 g/mol. The number of hydrogen-bond donors (Lipinski definition) is 3. The molecule has 0 spiro atoms. The zero-order valence-corrected chi connectivity index (χ0v) is 16.8. The van der Waals surface area contributed by atoms with Crippen molar-refractivity contribution in [2.45, 2.75) is 19.9 Å². The number of aryl methyl sites for hydroxylation is 1. The molecule has 0 radical (unpaired) electrons. The Morgan fingerprint density at radius 1 is 1.17 bits per heavy atom. The normalized spacial score (nSPS) is 12.6. The molecule has 2 aromatic carbocycles. The SMILES string of the molecule is COc1ccc([N+](=O)[O-])cc1NC(=O)[C@@H](C)[NH+](C)CC(=O)Nc1ccc(C)cc1. The number of ether oxygens (including phenoxy) is 1. The Morgan fingerprint density at radius 3 is 2.41 bits per heavy atom. The van der Waals surface area contributed by atoms with Crippen LogP contribution in [-0.4, -0.2) is 43.5 Å². The van der Waals surface area contributed by atoms with Gasteiger partial charge in [0.2, 0.25) is 0 Å². The van der Waals surface area contributed by atoms with Gasteiger partial charge in [0.1, 0.15) is 5.75 Å². The van der Waals surface area contributed by atoms with Crippen LogP contribution in [0.4, 0.5) is 17.1 Å². The van der Waals surface area contributed by atoms with E-state index in [1.54, 1.807) is 14.0 Å². The molecule has 0 aliphatic heterocycles. The fourth-order valence-electron chi connectivity index (χ4n) is 2.62. The third kappa shape index (κ3) is 6.01. The van der Waals surface area contributed by atoms with Crippen LogP contribution in [0.25, 0.3) is 0 Å². The second kappa shape index (κ2) is 9.65. The van der Waals surface area contributed by atoms with Crippen molar-refractivity contribution >= 4 is 28.9 Å². The number of nitrogens with one attached hydrogen (secondary N) is 3. The van der Waals surface area contributed by atoms with Crippen LogP contribution >= 0.6 is 0 Å². The molecule has 2 amide bonds. The first-order valence-electron chi connectivity index (χ1n) is 9.03. The molecule has 2 rings (SSSR count). The Labute approximate surface area is 168 Å². The highest BCUT2D eigenvalue weighted by atomic mass is 16.6. The Hall–Kier alpha value is -3.46. The lowest BCUT2D eigenvalue weighted by atomic mass is 10.2. The van der Waals surface area contributed by atoms with Gasteiger partial charge in [0.25, 0.3) is 17.5 Å². The molecule has 2 aromatic rings. The van der Waals surface area contributed by atoms with Gasteiger partial charge in [-0.1, -0.05) is 17.7 Å². The van der Waals surface area contributed by atoms with Crippen molar-refractivity contribution in [1.29, 1.82) is 0 Å². The first kappa shape index (κ1) is 21.8. The van der Waals surface area contributed by atoms with Gasteiger partial charge in [-0.3, -0.25) is 19.7 Å². The number of hydrogen-bond acceptors (Lipinski definition) is 5. The number of non-ortho nitro benzene ring substituents is 1. The van der Waals surface area contributed by atoms with Crippen molar-refractivity contribution in [3.05, 3.63) is 58.1 Å². The van der Waals surface area contributed by atoms with Crippen LogP contribution in [0.1, 0.15) is 12.5 Å². The van der Waals surface area contributed by atoms with Crippen LogP contribution in [0.3, 0.4) is 0 Å². The van der Waals surface area contributed by atoms with Crippen LogP contribution in [-0.2, 0) is 9.59 Å². The van der Waals surface area contributed by atoms with Crippen LogP contribution in [0, 0.1) is 17.0 Å². The number of nitrogens with zero attached hydrogens (tertiary/aromatic N) is 1. The quantitative estimate of drug-likeness (QED) is 0.457. The Balaban J connectivity index is 2.00. The third-order valence-corrected chi connectivity index (χ3v) is 4.56. The predicted octanol–water partition coefficient (Wildman–Crippen LogP) is 1.39. The largest absolute Gasteiger partial charge is 0.495 e. The lowest BCUT2D eigenvalue weighted by Gasteiger charge is -2.21.